The van der Waals surface area contributed by atoms with Crippen molar-refractivity contribution in [2.75, 3.05) is 44.3 Å². The quantitative estimate of drug-likeness (QED) is 0.655. The number of rotatable bonds is 3. The number of anilines is 1. The summed E-state index contributed by atoms with van der Waals surface area (Å²) >= 11 is 1.60. The third-order valence-corrected chi connectivity index (χ3v) is 6.56. The number of piperidine rings is 1. The van der Waals surface area contributed by atoms with E-state index in [0.717, 1.165) is 65.8 Å². The van der Waals surface area contributed by atoms with Crippen LogP contribution in [0.15, 0.2) is 30.9 Å². The van der Waals surface area contributed by atoms with Crippen LogP contribution in [0.25, 0.3) is 21.6 Å². The van der Waals surface area contributed by atoms with E-state index in [2.05, 4.69) is 14.9 Å². The smallest absolute Gasteiger partial charge is 0.225 e. The third kappa shape index (κ3) is 3.79. The second-order valence-corrected chi connectivity index (χ2v) is 8.30. The largest absolute Gasteiger partial charge is 0.378 e. The number of nitrogens with zero attached hydrogens (tertiary/aromatic N) is 6. The zero-order valence-corrected chi connectivity index (χ0v) is 16.8. The molecule has 0 aromatic carbocycles. The van der Waals surface area contributed by atoms with Crippen LogP contribution in [-0.4, -0.2) is 70.1 Å². The monoisotopic (exact) mass is 410 g/mol. The lowest BCUT2D eigenvalue weighted by Crippen LogP contribution is -2.46. The van der Waals surface area contributed by atoms with E-state index < -0.39 is 0 Å². The van der Waals surface area contributed by atoms with E-state index in [4.69, 9.17) is 14.7 Å². The van der Waals surface area contributed by atoms with Crippen molar-refractivity contribution in [1.29, 1.82) is 0 Å². The Morgan fingerprint density at radius 1 is 1.03 bits per heavy atom. The first-order valence-corrected chi connectivity index (χ1v) is 10.7. The Morgan fingerprint density at radius 3 is 2.55 bits per heavy atom. The van der Waals surface area contributed by atoms with E-state index in [1.807, 2.05) is 17.0 Å². The number of morpholine rings is 1. The highest BCUT2D eigenvalue weighted by Gasteiger charge is 2.30. The van der Waals surface area contributed by atoms with Crippen LogP contribution in [-0.2, 0) is 9.53 Å². The maximum Gasteiger partial charge on any atom is 0.225 e. The minimum Gasteiger partial charge on any atom is -0.378 e. The Morgan fingerprint density at radius 2 is 1.79 bits per heavy atom. The Hall–Kier alpha value is -2.65. The van der Waals surface area contributed by atoms with Crippen LogP contribution in [0.3, 0.4) is 0 Å². The molecule has 0 unspecified atom stereocenters. The van der Waals surface area contributed by atoms with Gasteiger partial charge in [-0.25, -0.2) is 19.9 Å². The highest BCUT2D eigenvalue weighted by Crippen LogP contribution is 2.32. The standard InChI is InChI=1S/C20H22N6O2S/c27-19(25-7-9-28-10-8-25)14-3-5-26(6-4-14)20-24-17-2-1-16(23-18(17)29-20)15-11-21-13-22-12-15/h1-2,11-14H,3-10H2. The van der Waals surface area contributed by atoms with E-state index in [1.54, 1.807) is 23.7 Å². The fourth-order valence-electron chi connectivity index (χ4n) is 3.89. The number of carbonyl (C=O) groups excluding carboxylic acids is 1. The van der Waals surface area contributed by atoms with Crippen LogP contribution in [0.4, 0.5) is 5.13 Å². The van der Waals surface area contributed by atoms with Gasteiger partial charge in [-0.15, -0.1) is 0 Å². The zero-order valence-electron chi connectivity index (χ0n) is 16.0. The van der Waals surface area contributed by atoms with Gasteiger partial charge in [0.2, 0.25) is 5.91 Å². The summed E-state index contributed by atoms with van der Waals surface area (Å²) in [4.78, 5) is 35.5. The van der Waals surface area contributed by atoms with Gasteiger partial charge in [-0.2, -0.15) is 0 Å². The number of hydrogen-bond donors (Lipinski definition) is 0. The molecule has 0 saturated carbocycles. The van der Waals surface area contributed by atoms with Gasteiger partial charge in [0.05, 0.1) is 18.9 Å². The van der Waals surface area contributed by atoms with Gasteiger partial charge in [0.15, 0.2) is 5.13 Å². The molecule has 0 aliphatic carbocycles. The molecule has 3 aromatic rings. The highest BCUT2D eigenvalue weighted by atomic mass is 32.1. The van der Waals surface area contributed by atoms with Crippen LogP contribution in [0.1, 0.15) is 12.8 Å². The van der Waals surface area contributed by atoms with Gasteiger partial charge in [0.25, 0.3) is 0 Å². The van der Waals surface area contributed by atoms with Gasteiger partial charge in [-0.3, -0.25) is 4.79 Å². The molecule has 150 valence electrons. The Bertz CT molecular complexity index is 997. The van der Waals surface area contributed by atoms with Crippen molar-refractivity contribution in [1.82, 2.24) is 24.8 Å². The predicted molar refractivity (Wildman–Crippen MR) is 111 cm³/mol. The summed E-state index contributed by atoms with van der Waals surface area (Å²) in [7, 11) is 0. The number of carbonyl (C=O) groups is 1. The summed E-state index contributed by atoms with van der Waals surface area (Å²) in [6.45, 7) is 4.44. The predicted octanol–water partition coefficient (Wildman–Crippen LogP) is 2.22. The highest BCUT2D eigenvalue weighted by molar-refractivity contribution is 7.21. The molecule has 2 aliphatic rings. The Kier molecular flexibility index (Phi) is 5.07. The van der Waals surface area contributed by atoms with E-state index in [1.165, 1.54) is 6.33 Å². The first-order chi connectivity index (χ1) is 14.3. The van der Waals surface area contributed by atoms with Gasteiger partial charge in [0, 0.05) is 50.1 Å². The van der Waals surface area contributed by atoms with Crippen LogP contribution in [0, 0.1) is 5.92 Å². The van der Waals surface area contributed by atoms with Crippen molar-refractivity contribution in [3.05, 3.63) is 30.9 Å². The molecule has 5 rings (SSSR count). The molecule has 2 fully saturated rings. The van der Waals surface area contributed by atoms with E-state index in [0.29, 0.717) is 13.2 Å². The zero-order chi connectivity index (χ0) is 19.6. The molecule has 0 bridgehead atoms. The molecule has 29 heavy (non-hydrogen) atoms. The van der Waals surface area contributed by atoms with Crippen molar-refractivity contribution in [2.24, 2.45) is 5.92 Å². The Labute approximate surface area is 172 Å². The molecule has 0 atom stereocenters. The number of aromatic nitrogens is 4. The van der Waals surface area contributed by atoms with E-state index >= 15 is 0 Å². The molecular weight excluding hydrogens is 388 g/mol. The fraction of sp³-hybridized carbons (Fsp3) is 0.450. The first kappa shape index (κ1) is 18.4. The number of thiazole rings is 1. The molecule has 2 saturated heterocycles. The van der Waals surface area contributed by atoms with Crippen molar-refractivity contribution in [3.8, 4) is 11.3 Å². The van der Waals surface area contributed by atoms with E-state index in [9.17, 15) is 4.79 Å². The molecule has 0 N–H and O–H groups in total. The summed E-state index contributed by atoms with van der Waals surface area (Å²) in [5.41, 5.74) is 2.65. The first-order valence-electron chi connectivity index (χ1n) is 9.92. The lowest BCUT2D eigenvalue weighted by Gasteiger charge is -2.35. The van der Waals surface area contributed by atoms with Gasteiger partial charge >= 0.3 is 0 Å². The molecule has 1 amide bonds. The van der Waals surface area contributed by atoms with Crippen LogP contribution >= 0.6 is 11.3 Å². The average Bonchev–Trinajstić information content (AvgIpc) is 3.23. The van der Waals surface area contributed by atoms with E-state index in [-0.39, 0.29) is 11.8 Å². The molecule has 0 radical (unpaired) electrons. The van der Waals surface area contributed by atoms with Crippen molar-refractivity contribution >= 4 is 32.7 Å². The second kappa shape index (κ2) is 8.00. The third-order valence-electron chi connectivity index (χ3n) is 5.54. The normalized spacial score (nSPS) is 18.3. The summed E-state index contributed by atoms with van der Waals surface area (Å²) < 4.78 is 5.36. The minimum atomic E-state index is 0.113. The van der Waals surface area contributed by atoms with Gasteiger partial charge in [-0.1, -0.05) is 11.3 Å². The maximum atomic E-state index is 12.7. The second-order valence-electron chi connectivity index (χ2n) is 7.34. The number of ether oxygens (including phenoxy) is 1. The van der Waals surface area contributed by atoms with Crippen molar-refractivity contribution in [2.45, 2.75) is 12.8 Å². The number of pyridine rings is 1. The van der Waals surface area contributed by atoms with Gasteiger partial charge in [0.1, 0.15) is 16.7 Å². The molecule has 0 spiro atoms. The molecule has 8 nitrogen and oxygen atoms in total. The summed E-state index contributed by atoms with van der Waals surface area (Å²) in [6, 6.07) is 3.96. The summed E-state index contributed by atoms with van der Waals surface area (Å²) in [6.07, 6.45) is 6.78. The lowest BCUT2D eigenvalue weighted by atomic mass is 9.95. The van der Waals surface area contributed by atoms with Crippen LogP contribution in [0.5, 0.6) is 0 Å². The molecule has 2 aliphatic heterocycles. The fourth-order valence-corrected chi connectivity index (χ4v) is 4.88. The molecule has 3 aromatic heterocycles. The van der Waals surface area contributed by atoms with Crippen molar-refractivity contribution in [3.63, 3.8) is 0 Å². The summed E-state index contributed by atoms with van der Waals surface area (Å²) in [5, 5.41) is 0.978. The Balaban J connectivity index is 1.27. The van der Waals surface area contributed by atoms with Crippen LogP contribution < -0.4 is 4.90 Å². The van der Waals surface area contributed by atoms with Gasteiger partial charge < -0.3 is 14.5 Å². The van der Waals surface area contributed by atoms with Crippen LogP contribution in [0.2, 0.25) is 0 Å². The number of amides is 1. The molecule has 9 heteroatoms. The number of hydrogen-bond acceptors (Lipinski definition) is 8. The molecular formula is C20H22N6O2S. The van der Waals surface area contributed by atoms with Crippen molar-refractivity contribution < 1.29 is 9.53 Å². The SMILES string of the molecule is O=C(C1CCN(c2nc3ccc(-c4cncnc4)nc3s2)CC1)N1CCOCC1. The maximum absolute atomic E-state index is 12.7. The van der Waals surface area contributed by atoms with Gasteiger partial charge in [-0.05, 0) is 25.0 Å². The number of fused-ring (bicyclic) bond motifs is 1. The lowest BCUT2D eigenvalue weighted by molar-refractivity contribution is -0.140. The average molecular weight is 411 g/mol. The summed E-state index contributed by atoms with van der Waals surface area (Å²) in [5.74, 6) is 0.398. The molecule has 5 heterocycles. The minimum absolute atomic E-state index is 0.113. The topological polar surface area (TPSA) is 84.3 Å².